The van der Waals surface area contributed by atoms with Crippen molar-refractivity contribution < 1.29 is 4.79 Å². The van der Waals surface area contributed by atoms with Crippen LogP contribution in [0.15, 0.2) is 54.2 Å². The van der Waals surface area contributed by atoms with E-state index in [0.717, 1.165) is 16.8 Å². The fraction of sp³-hybridized carbons (Fsp3) is 0.158. The van der Waals surface area contributed by atoms with E-state index in [0.29, 0.717) is 22.3 Å². The normalized spacial score (nSPS) is 15.6. The number of hydrogen-bond acceptors (Lipinski definition) is 3. The fourth-order valence-corrected chi connectivity index (χ4v) is 2.91. The summed E-state index contributed by atoms with van der Waals surface area (Å²) in [5, 5.41) is 3.51. The first-order valence-electron chi connectivity index (χ1n) is 7.80. The van der Waals surface area contributed by atoms with Crippen molar-refractivity contribution in [1.29, 1.82) is 0 Å². The topological polar surface area (TPSA) is 35.6 Å². The van der Waals surface area contributed by atoms with Crippen molar-refractivity contribution in [3.8, 4) is 0 Å². The zero-order valence-electron chi connectivity index (χ0n) is 14.0. The van der Waals surface area contributed by atoms with Gasteiger partial charge >= 0.3 is 6.03 Å². The van der Waals surface area contributed by atoms with E-state index in [9.17, 15) is 4.79 Å². The van der Waals surface area contributed by atoms with Crippen molar-refractivity contribution in [1.82, 2.24) is 10.2 Å². The van der Waals surface area contributed by atoms with Gasteiger partial charge < -0.3 is 10.2 Å². The van der Waals surface area contributed by atoms with Crippen molar-refractivity contribution in [3.05, 3.63) is 70.4 Å². The first kappa shape index (κ1) is 17.5. The highest BCUT2D eigenvalue weighted by molar-refractivity contribution is 7.80. The van der Waals surface area contributed by atoms with Crippen LogP contribution >= 0.6 is 23.8 Å². The van der Waals surface area contributed by atoms with Gasteiger partial charge in [0.25, 0.3) is 0 Å². The van der Waals surface area contributed by atoms with E-state index in [1.165, 1.54) is 0 Å². The number of nitrogens with one attached hydrogen (secondary N) is 1. The average Bonchev–Trinajstić information content (AvgIpc) is 2.85. The summed E-state index contributed by atoms with van der Waals surface area (Å²) >= 11 is 11.4. The van der Waals surface area contributed by atoms with Crippen LogP contribution in [0.2, 0.25) is 5.02 Å². The van der Waals surface area contributed by atoms with Crippen LogP contribution in [-0.2, 0) is 6.54 Å². The van der Waals surface area contributed by atoms with Gasteiger partial charge in [-0.15, -0.1) is 0 Å². The maximum absolute atomic E-state index is 12.3. The molecular weight excluding hydrogens is 354 g/mol. The fourth-order valence-electron chi connectivity index (χ4n) is 2.52. The SMILES string of the molecule is CN(C)c1ccc(/C=C2/NC(=O)N(Cc3ccc(Cl)cc3)C2=S)cc1. The van der Waals surface area contributed by atoms with Gasteiger partial charge in [0.1, 0.15) is 4.99 Å². The molecule has 1 heterocycles. The number of halogens is 1. The second-order valence-electron chi connectivity index (χ2n) is 5.99. The molecule has 1 aliphatic rings. The minimum atomic E-state index is -0.212. The van der Waals surface area contributed by atoms with E-state index in [1.54, 1.807) is 17.0 Å². The Morgan fingerprint density at radius 2 is 1.76 bits per heavy atom. The van der Waals surface area contributed by atoms with Crippen LogP contribution in [0.3, 0.4) is 0 Å². The molecule has 2 amide bonds. The van der Waals surface area contributed by atoms with Gasteiger partial charge in [-0.25, -0.2) is 4.79 Å². The number of hydrogen-bond donors (Lipinski definition) is 1. The van der Waals surface area contributed by atoms with Crippen molar-refractivity contribution >= 4 is 46.6 Å². The number of rotatable bonds is 4. The molecule has 0 saturated carbocycles. The molecule has 4 nitrogen and oxygen atoms in total. The molecule has 0 atom stereocenters. The minimum Gasteiger partial charge on any atom is -0.378 e. The Morgan fingerprint density at radius 3 is 2.36 bits per heavy atom. The number of urea groups is 1. The summed E-state index contributed by atoms with van der Waals surface area (Å²) in [5.74, 6) is 0. The molecular formula is C19H18ClN3OS. The number of carbonyl (C=O) groups is 1. The molecule has 3 rings (SSSR count). The monoisotopic (exact) mass is 371 g/mol. The number of anilines is 1. The highest BCUT2D eigenvalue weighted by atomic mass is 35.5. The third kappa shape index (κ3) is 4.00. The lowest BCUT2D eigenvalue weighted by atomic mass is 10.1. The molecule has 0 spiro atoms. The van der Waals surface area contributed by atoms with E-state index in [1.807, 2.05) is 61.5 Å². The summed E-state index contributed by atoms with van der Waals surface area (Å²) < 4.78 is 0. The predicted molar refractivity (Wildman–Crippen MR) is 107 cm³/mol. The molecule has 1 fully saturated rings. The Balaban J connectivity index is 1.77. The van der Waals surface area contributed by atoms with E-state index >= 15 is 0 Å². The molecule has 0 radical (unpaired) electrons. The summed E-state index contributed by atoms with van der Waals surface area (Å²) in [7, 11) is 3.99. The maximum atomic E-state index is 12.3. The van der Waals surface area contributed by atoms with Gasteiger partial charge in [0.15, 0.2) is 0 Å². The van der Waals surface area contributed by atoms with Crippen LogP contribution in [0, 0.1) is 0 Å². The highest BCUT2D eigenvalue weighted by Crippen LogP contribution is 2.20. The Morgan fingerprint density at radius 1 is 1.12 bits per heavy atom. The average molecular weight is 372 g/mol. The Labute approximate surface area is 157 Å². The first-order chi connectivity index (χ1) is 11.9. The summed E-state index contributed by atoms with van der Waals surface area (Å²) in [6.07, 6.45) is 1.89. The molecule has 1 saturated heterocycles. The van der Waals surface area contributed by atoms with Crippen molar-refractivity contribution in [3.63, 3.8) is 0 Å². The zero-order valence-corrected chi connectivity index (χ0v) is 15.6. The first-order valence-corrected chi connectivity index (χ1v) is 8.59. The number of carbonyl (C=O) groups excluding carboxylic acids is 1. The number of amides is 2. The van der Waals surface area contributed by atoms with Gasteiger partial charge in [0, 0.05) is 24.8 Å². The minimum absolute atomic E-state index is 0.212. The predicted octanol–water partition coefficient (Wildman–Crippen LogP) is 4.30. The van der Waals surface area contributed by atoms with Crippen LogP contribution in [-0.4, -0.2) is 30.0 Å². The molecule has 2 aromatic carbocycles. The number of benzene rings is 2. The second kappa shape index (κ2) is 7.25. The molecule has 6 heteroatoms. The number of nitrogens with zero attached hydrogens (tertiary/aromatic N) is 2. The summed E-state index contributed by atoms with van der Waals surface area (Å²) in [6, 6.07) is 15.2. The molecule has 128 valence electrons. The lowest BCUT2D eigenvalue weighted by Crippen LogP contribution is -2.29. The van der Waals surface area contributed by atoms with Crippen LogP contribution in [0.25, 0.3) is 6.08 Å². The third-order valence-corrected chi connectivity index (χ3v) is 4.63. The van der Waals surface area contributed by atoms with Crippen molar-refractivity contribution in [2.24, 2.45) is 0 Å². The van der Waals surface area contributed by atoms with Crippen LogP contribution in [0.1, 0.15) is 11.1 Å². The highest BCUT2D eigenvalue weighted by Gasteiger charge is 2.29. The molecule has 0 bridgehead atoms. The molecule has 1 N–H and O–H groups in total. The molecule has 0 aliphatic carbocycles. The van der Waals surface area contributed by atoms with Gasteiger partial charge in [-0.3, -0.25) is 4.90 Å². The van der Waals surface area contributed by atoms with E-state index in [-0.39, 0.29) is 6.03 Å². The zero-order chi connectivity index (χ0) is 18.0. The van der Waals surface area contributed by atoms with Crippen LogP contribution in [0.5, 0.6) is 0 Å². The quantitative estimate of drug-likeness (QED) is 0.643. The third-order valence-electron chi connectivity index (χ3n) is 3.94. The van der Waals surface area contributed by atoms with Crippen LogP contribution < -0.4 is 10.2 Å². The largest absolute Gasteiger partial charge is 0.378 e. The molecule has 25 heavy (non-hydrogen) atoms. The Kier molecular flexibility index (Phi) is 5.06. The lowest BCUT2D eigenvalue weighted by Gasteiger charge is -2.14. The van der Waals surface area contributed by atoms with Gasteiger partial charge in [0.2, 0.25) is 0 Å². The summed E-state index contributed by atoms with van der Waals surface area (Å²) in [4.78, 5) is 16.3. The van der Waals surface area contributed by atoms with E-state index in [4.69, 9.17) is 23.8 Å². The van der Waals surface area contributed by atoms with Gasteiger partial charge in [-0.05, 0) is 41.5 Å². The van der Waals surface area contributed by atoms with Gasteiger partial charge in [-0.1, -0.05) is 48.1 Å². The summed E-state index contributed by atoms with van der Waals surface area (Å²) in [5.41, 5.74) is 3.71. The Hall–Kier alpha value is -2.37. The van der Waals surface area contributed by atoms with E-state index in [2.05, 4.69) is 5.32 Å². The van der Waals surface area contributed by atoms with Crippen molar-refractivity contribution in [2.45, 2.75) is 6.54 Å². The molecule has 1 aliphatic heterocycles. The molecule has 0 aromatic heterocycles. The standard InChI is InChI=1S/C19H18ClN3OS/c1-22(2)16-9-5-13(6-10-16)11-17-18(25)23(19(24)21-17)12-14-3-7-15(20)8-4-14/h3-11H,12H2,1-2H3,(H,21,24)/b17-11+. The van der Waals surface area contributed by atoms with E-state index < -0.39 is 0 Å². The smallest absolute Gasteiger partial charge is 0.327 e. The van der Waals surface area contributed by atoms with Crippen molar-refractivity contribution in [2.75, 3.05) is 19.0 Å². The second-order valence-corrected chi connectivity index (χ2v) is 6.82. The van der Waals surface area contributed by atoms with Crippen LogP contribution in [0.4, 0.5) is 10.5 Å². The Bertz CT molecular complexity index is 829. The van der Waals surface area contributed by atoms with Gasteiger partial charge in [0.05, 0.1) is 12.2 Å². The summed E-state index contributed by atoms with van der Waals surface area (Å²) in [6.45, 7) is 0.415. The lowest BCUT2D eigenvalue weighted by molar-refractivity contribution is 0.228. The number of thiocarbonyl (C=S) groups is 1. The van der Waals surface area contributed by atoms with Gasteiger partial charge in [-0.2, -0.15) is 0 Å². The maximum Gasteiger partial charge on any atom is 0.327 e. The molecule has 2 aromatic rings. The molecule has 0 unspecified atom stereocenters.